The van der Waals surface area contributed by atoms with Gasteiger partial charge in [0.1, 0.15) is 6.04 Å². The van der Waals surface area contributed by atoms with Gasteiger partial charge in [0.15, 0.2) is 0 Å². The molecule has 110 valence electrons. The van der Waals surface area contributed by atoms with Gasteiger partial charge in [0.25, 0.3) is 0 Å². The summed E-state index contributed by atoms with van der Waals surface area (Å²) in [7, 11) is 0. The van der Waals surface area contributed by atoms with E-state index in [0.29, 0.717) is 24.8 Å². The van der Waals surface area contributed by atoms with E-state index in [9.17, 15) is 9.59 Å². The molecule has 0 spiro atoms. The lowest BCUT2D eigenvalue weighted by molar-refractivity contribution is -0.139. The summed E-state index contributed by atoms with van der Waals surface area (Å²) in [6, 6.07) is -1.15. The number of amides is 2. The third kappa shape index (κ3) is 5.49. The minimum Gasteiger partial charge on any atom is -0.480 e. The van der Waals surface area contributed by atoms with Crippen molar-refractivity contribution in [3.8, 4) is 0 Å². The Morgan fingerprint density at radius 3 is 2.58 bits per heavy atom. The molecule has 5 heteroatoms. The first-order valence-electron chi connectivity index (χ1n) is 7.31. The van der Waals surface area contributed by atoms with Crippen LogP contribution in [0.25, 0.3) is 0 Å². The first kappa shape index (κ1) is 15.8. The molecule has 0 aromatic heterocycles. The number of rotatable bonds is 6. The zero-order chi connectivity index (χ0) is 14.3. The van der Waals surface area contributed by atoms with Gasteiger partial charge < -0.3 is 15.7 Å². The van der Waals surface area contributed by atoms with Crippen molar-refractivity contribution >= 4 is 12.0 Å². The Kier molecular flexibility index (Phi) is 6.67. The molecule has 0 aliphatic heterocycles. The Hall–Kier alpha value is -1.26. The van der Waals surface area contributed by atoms with E-state index < -0.39 is 12.0 Å². The molecule has 0 bridgehead atoms. The van der Waals surface area contributed by atoms with Crippen LogP contribution in [-0.4, -0.2) is 29.7 Å². The molecular formula is C14H26N2O3. The quantitative estimate of drug-likeness (QED) is 0.693. The molecule has 3 atom stereocenters. The van der Waals surface area contributed by atoms with Crippen LogP contribution in [0.5, 0.6) is 0 Å². The maximum atomic E-state index is 11.7. The van der Waals surface area contributed by atoms with E-state index >= 15 is 0 Å². The third-order valence-corrected chi connectivity index (χ3v) is 3.99. The summed E-state index contributed by atoms with van der Waals surface area (Å²) in [4.78, 5) is 22.6. The second-order valence-electron chi connectivity index (χ2n) is 5.56. The summed E-state index contributed by atoms with van der Waals surface area (Å²) in [6.07, 6.45) is 6.08. The molecule has 19 heavy (non-hydrogen) atoms. The van der Waals surface area contributed by atoms with Crippen molar-refractivity contribution in [3.63, 3.8) is 0 Å². The minimum atomic E-state index is -0.969. The van der Waals surface area contributed by atoms with Gasteiger partial charge in [-0.05, 0) is 24.7 Å². The fourth-order valence-corrected chi connectivity index (χ4v) is 2.68. The SMILES string of the molecule is CCC[C@H](NC(=O)NCC1CCCCC1C)C(=O)O. The zero-order valence-electron chi connectivity index (χ0n) is 11.9. The lowest BCUT2D eigenvalue weighted by atomic mass is 9.80. The number of nitrogens with one attached hydrogen (secondary N) is 2. The van der Waals surface area contributed by atoms with E-state index in [1.807, 2.05) is 6.92 Å². The van der Waals surface area contributed by atoms with Crippen LogP contribution in [0.1, 0.15) is 52.4 Å². The number of carbonyl (C=O) groups excluding carboxylic acids is 1. The smallest absolute Gasteiger partial charge is 0.326 e. The molecular weight excluding hydrogens is 244 g/mol. The number of carboxylic acids is 1. The molecule has 1 aliphatic rings. The van der Waals surface area contributed by atoms with Crippen LogP contribution >= 0.6 is 0 Å². The molecule has 0 aromatic rings. The molecule has 1 fully saturated rings. The van der Waals surface area contributed by atoms with E-state index in [1.165, 1.54) is 19.3 Å². The van der Waals surface area contributed by atoms with Crippen molar-refractivity contribution in [1.82, 2.24) is 10.6 Å². The van der Waals surface area contributed by atoms with E-state index in [4.69, 9.17) is 5.11 Å². The summed E-state index contributed by atoms with van der Waals surface area (Å²) in [5, 5.41) is 14.3. The Balaban J connectivity index is 2.31. The maximum absolute atomic E-state index is 11.7. The van der Waals surface area contributed by atoms with E-state index in [1.54, 1.807) is 0 Å². The highest BCUT2D eigenvalue weighted by Crippen LogP contribution is 2.28. The molecule has 1 saturated carbocycles. The number of hydrogen-bond acceptors (Lipinski definition) is 2. The van der Waals surface area contributed by atoms with E-state index in [2.05, 4.69) is 17.6 Å². The van der Waals surface area contributed by atoms with Crippen LogP contribution in [0.2, 0.25) is 0 Å². The van der Waals surface area contributed by atoms with E-state index in [0.717, 1.165) is 12.8 Å². The summed E-state index contributed by atoms with van der Waals surface area (Å²) >= 11 is 0. The van der Waals surface area contributed by atoms with Crippen molar-refractivity contribution in [2.24, 2.45) is 11.8 Å². The highest BCUT2D eigenvalue weighted by molar-refractivity contribution is 5.82. The normalized spacial score (nSPS) is 24.5. The Morgan fingerprint density at radius 2 is 2.00 bits per heavy atom. The lowest BCUT2D eigenvalue weighted by Crippen LogP contribution is -2.47. The number of urea groups is 1. The average molecular weight is 270 g/mol. The number of carboxylic acid groups (broad SMARTS) is 1. The highest BCUT2D eigenvalue weighted by Gasteiger charge is 2.23. The summed E-state index contributed by atoms with van der Waals surface area (Å²) in [6.45, 7) is 4.77. The molecule has 0 aromatic carbocycles. The van der Waals surface area contributed by atoms with Gasteiger partial charge in [-0.1, -0.05) is 39.5 Å². The number of carbonyl (C=O) groups is 2. The molecule has 0 radical (unpaired) electrons. The van der Waals surface area contributed by atoms with Gasteiger partial charge in [0.05, 0.1) is 0 Å². The monoisotopic (exact) mass is 270 g/mol. The van der Waals surface area contributed by atoms with Gasteiger partial charge in [-0.25, -0.2) is 9.59 Å². The zero-order valence-corrected chi connectivity index (χ0v) is 11.9. The second-order valence-corrected chi connectivity index (χ2v) is 5.56. The van der Waals surface area contributed by atoms with Crippen molar-refractivity contribution in [3.05, 3.63) is 0 Å². The van der Waals surface area contributed by atoms with Crippen LogP contribution in [-0.2, 0) is 4.79 Å². The fourth-order valence-electron chi connectivity index (χ4n) is 2.68. The fraction of sp³-hybridized carbons (Fsp3) is 0.857. The molecule has 0 saturated heterocycles. The molecule has 3 N–H and O–H groups in total. The Morgan fingerprint density at radius 1 is 1.32 bits per heavy atom. The van der Waals surface area contributed by atoms with Crippen molar-refractivity contribution in [2.75, 3.05) is 6.54 Å². The lowest BCUT2D eigenvalue weighted by Gasteiger charge is -2.29. The predicted molar refractivity (Wildman–Crippen MR) is 74.0 cm³/mol. The molecule has 1 aliphatic carbocycles. The van der Waals surface area contributed by atoms with Gasteiger partial charge in [-0.2, -0.15) is 0 Å². The third-order valence-electron chi connectivity index (χ3n) is 3.99. The van der Waals surface area contributed by atoms with Crippen LogP contribution in [0, 0.1) is 11.8 Å². The molecule has 5 nitrogen and oxygen atoms in total. The van der Waals surface area contributed by atoms with Crippen LogP contribution in [0.15, 0.2) is 0 Å². The molecule has 0 heterocycles. The number of hydrogen-bond donors (Lipinski definition) is 3. The van der Waals surface area contributed by atoms with Crippen LogP contribution in [0.4, 0.5) is 4.79 Å². The first-order valence-corrected chi connectivity index (χ1v) is 7.31. The Labute approximate surface area is 115 Å². The number of aliphatic carboxylic acids is 1. The average Bonchev–Trinajstić information content (AvgIpc) is 2.37. The van der Waals surface area contributed by atoms with Crippen LogP contribution < -0.4 is 10.6 Å². The molecule has 1 rings (SSSR count). The summed E-state index contributed by atoms with van der Waals surface area (Å²) < 4.78 is 0. The van der Waals surface area contributed by atoms with Gasteiger partial charge in [-0.15, -0.1) is 0 Å². The van der Waals surface area contributed by atoms with Gasteiger partial charge in [0.2, 0.25) is 0 Å². The van der Waals surface area contributed by atoms with E-state index in [-0.39, 0.29) is 6.03 Å². The predicted octanol–water partition coefficient (Wildman–Crippen LogP) is 2.37. The summed E-state index contributed by atoms with van der Waals surface area (Å²) in [5.74, 6) is 0.192. The largest absolute Gasteiger partial charge is 0.480 e. The Bertz CT molecular complexity index is 307. The topological polar surface area (TPSA) is 78.4 Å². The van der Waals surface area contributed by atoms with Crippen molar-refractivity contribution in [2.45, 2.75) is 58.4 Å². The van der Waals surface area contributed by atoms with Gasteiger partial charge in [0, 0.05) is 6.54 Å². The summed E-state index contributed by atoms with van der Waals surface area (Å²) in [5.41, 5.74) is 0. The highest BCUT2D eigenvalue weighted by atomic mass is 16.4. The maximum Gasteiger partial charge on any atom is 0.326 e. The minimum absolute atomic E-state index is 0.362. The standard InChI is InChI=1S/C14H26N2O3/c1-3-6-12(13(17)18)16-14(19)15-9-11-8-5-4-7-10(11)2/h10-12H,3-9H2,1-2H3,(H,17,18)(H2,15,16,19)/t10?,11?,12-/m0/s1. The van der Waals surface area contributed by atoms with Crippen LogP contribution in [0.3, 0.4) is 0 Å². The molecule has 2 unspecified atom stereocenters. The van der Waals surface area contributed by atoms with Crippen molar-refractivity contribution < 1.29 is 14.7 Å². The first-order chi connectivity index (χ1) is 9.04. The van der Waals surface area contributed by atoms with Gasteiger partial charge >= 0.3 is 12.0 Å². The second kappa shape index (κ2) is 8.02. The van der Waals surface area contributed by atoms with Crippen molar-refractivity contribution in [1.29, 1.82) is 0 Å². The van der Waals surface area contributed by atoms with Gasteiger partial charge in [-0.3, -0.25) is 0 Å². The molecule has 2 amide bonds.